The van der Waals surface area contributed by atoms with Crippen molar-refractivity contribution in [3.63, 3.8) is 0 Å². The molecule has 0 spiro atoms. The van der Waals surface area contributed by atoms with E-state index in [4.69, 9.17) is 0 Å². The smallest absolute Gasteiger partial charge is 0.210 e. The van der Waals surface area contributed by atoms with Gasteiger partial charge in [0, 0.05) is 0 Å². The normalized spacial score (nSPS) is 11.5. The Morgan fingerprint density at radius 3 is 2.26 bits per heavy atom. The number of aromatic hydroxyl groups is 2. The van der Waals surface area contributed by atoms with Gasteiger partial charge < -0.3 is 10.2 Å². The Labute approximate surface area is 111 Å². The van der Waals surface area contributed by atoms with Crippen LogP contribution < -0.4 is 0 Å². The molecule has 100 valence electrons. The predicted molar refractivity (Wildman–Crippen MR) is 71.1 cm³/mol. The van der Waals surface area contributed by atoms with Crippen molar-refractivity contribution in [2.45, 2.75) is 23.6 Å². The van der Waals surface area contributed by atoms with Crippen molar-refractivity contribution in [2.24, 2.45) is 0 Å². The van der Waals surface area contributed by atoms with E-state index in [1.807, 2.05) is 0 Å². The maximum absolute atomic E-state index is 12.4. The number of rotatable bonds is 2. The monoisotopic (exact) mass is 278 g/mol. The van der Waals surface area contributed by atoms with Crippen molar-refractivity contribution in [1.82, 2.24) is 0 Å². The Bertz CT molecular complexity index is 733. The van der Waals surface area contributed by atoms with Crippen LogP contribution in [0.25, 0.3) is 0 Å². The fourth-order valence-electron chi connectivity index (χ4n) is 1.73. The summed E-state index contributed by atoms with van der Waals surface area (Å²) in [6.45, 7) is 3.30. The molecule has 4 nitrogen and oxygen atoms in total. The van der Waals surface area contributed by atoms with E-state index in [0.29, 0.717) is 11.1 Å². The van der Waals surface area contributed by atoms with Gasteiger partial charge in [0.05, 0.1) is 4.90 Å². The van der Waals surface area contributed by atoms with Crippen LogP contribution in [0.3, 0.4) is 0 Å². The third kappa shape index (κ3) is 2.29. The van der Waals surface area contributed by atoms with Crippen LogP contribution in [0.2, 0.25) is 0 Å². The first kappa shape index (κ1) is 13.4. The van der Waals surface area contributed by atoms with Crippen LogP contribution in [0.5, 0.6) is 11.5 Å². The molecule has 2 N–H and O–H groups in total. The number of phenols is 2. The second-order valence-electron chi connectivity index (χ2n) is 4.37. The van der Waals surface area contributed by atoms with Crippen LogP contribution in [0.1, 0.15) is 11.1 Å². The van der Waals surface area contributed by atoms with Gasteiger partial charge in [-0.05, 0) is 43.2 Å². The number of para-hydroxylation sites is 1. The molecule has 19 heavy (non-hydrogen) atoms. The van der Waals surface area contributed by atoms with Gasteiger partial charge in [-0.2, -0.15) is 0 Å². The Morgan fingerprint density at radius 1 is 0.947 bits per heavy atom. The molecule has 0 bridgehead atoms. The molecule has 0 fully saturated rings. The van der Waals surface area contributed by atoms with Crippen LogP contribution in [0, 0.1) is 13.8 Å². The quantitative estimate of drug-likeness (QED) is 0.885. The summed E-state index contributed by atoms with van der Waals surface area (Å²) in [5, 5.41) is 19.5. The summed E-state index contributed by atoms with van der Waals surface area (Å²) < 4.78 is 24.8. The maximum atomic E-state index is 12.4. The van der Waals surface area contributed by atoms with Crippen molar-refractivity contribution in [1.29, 1.82) is 0 Å². The van der Waals surface area contributed by atoms with Gasteiger partial charge in [0.1, 0.15) is 16.4 Å². The molecular weight excluding hydrogens is 264 g/mol. The van der Waals surface area contributed by atoms with Crippen LogP contribution in [0.15, 0.2) is 46.2 Å². The highest BCUT2D eigenvalue weighted by molar-refractivity contribution is 7.91. The van der Waals surface area contributed by atoms with Crippen LogP contribution in [-0.4, -0.2) is 18.6 Å². The maximum Gasteiger partial charge on any atom is 0.210 e. The lowest BCUT2D eigenvalue weighted by Crippen LogP contribution is -2.03. The Kier molecular flexibility index (Phi) is 3.24. The minimum atomic E-state index is -3.84. The van der Waals surface area contributed by atoms with E-state index in [1.165, 1.54) is 24.3 Å². The molecule has 0 amide bonds. The standard InChI is InChI=1S/C14H14O4S/c1-9-6-7-11(8-12(9)15)19(17,18)13-5-3-4-10(2)14(13)16/h3-8,15-16H,1-2H3. The molecule has 0 radical (unpaired) electrons. The number of hydrogen-bond donors (Lipinski definition) is 2. The molecule has 0 atom stereocenters. The Morgan fingerprint density at radius 2 is 1.63 bits per heavy atom. The Balaban J connectivity index is 2.65. The highest BCUT2D eigenvalue weighted by Gasteiger charge is 2.22. The molecule has 0 aliphatic rings. The first-order valence-electron chi connectivity index (χ1n) is 5.67. The minimum Gasteiger partial charge on any atom is -0.508 e. The summed E-state index contributed by atoms with van der Waals surface area (Å²) in [7, 11) is -3.84. The average molecular weight is 278 g/mol. The summed E-state index contributed by atoms with van der Waals surface area (Å²) in [5.74, 6) is -0.351. The molecule has 0 saturated carbocycles. The molecule has 2 aromatic carbocycles. The van der Waals surface area contributed by atoms with Crippen molar-refractivity contribution >= 4 is 9.84 Å². The fraction of sp³-hybridized carbons (Fsp3) is 0.143. The molecule has 2 aromatic rings. The summed E-state index contributed by atoms with van der Waals surface area (Å²) in [6.07, 6.45) is 0. The number of hydrogen-bond acceptors (Lipinski definition) is 4. The largest absolute Gasteiger partial charge is 0.508 e. The highest BCUT2D eigenvalue weighted by Crippen LogP contribution is 2.32. The number of sulfone groups is 1. The van der Waals surface area contributed by atoms with E-state index in [-0.39, 0.29) is 21.3 Å². The van der Waals surface area contributed by atoms with Gasteiger partial charge in [0.15, 0.2) is 0 Å². The highest BCUT2D eigenvalue weighted by atomic mass is 32.2. The number of phenolic OH excluding ortho intramolecular Hbond substituents is 2. The zero-order chi connectivity index (χ0) is 14.2. The molecular formula is C14H14O4S. The van der Waals surface area contributed by atoms with E-state index in [1.54, 1.807) is 26.0 Å². The van der Waals surface area contributed by atoms with E-state index in [2.05, 4.69) is 0 Å². The average Bonchev–Trinajstić information content (AvgIpc) is 2.35. The fourth-order valence-corrected chi connectivity index (χ4v) is 3.17. The van der Waals surface area contributed by atoms with Gasteiger partial charge in [0.2, 0.25) is 9.84 Å². The predicted octanol–water partition coefficient (Wildman–Crippen LogP) is 2.55. The molecule has 0 unspecified atom stereocenters. The van der Waals surface area contributed by atoms with E-state index in [0.717, 1.165) is 0 Å². The molecule has 0 aromatic heterocycles. The third-order valence-electron chi connectivity index (χ3n) is 2.98. The lowest BCUT2D eigenvalue weighted by molar-refractivity contribution is 0.454. The van der Waals surface area contributed by atoms with E-state index < -0.39 is 9.84 Å². The Hall–Kier alpha value is -2.01. The van der Waals surface area contributed by atoms with Gasteiger partial charge in [-0.1, -0.05) is 18.2 Å². The minimum absolute atomic E-state index is 0.0449. The summed E-state index contributed by atoms with van der Waals surface area (Å²) >= 11 is 0. The zero-order valence-electron chi connectivity index (χ0n) is 10.6. The molecule has 5 heteroatoms. The van der Waals surface area contributed by atoms with Gasteiger partial charge >= 0.3 is 0 Å². The zero-order valence-corrected chi connectivity index (χ0v) is 11.4. The molecule has 2 rings (SSSR count). The van der Waals surface area contributed by atoms with Gasteiger partial charge in [0.25, 0.3) is 0 Å². The second-order valence-corrected chi connectivity index (χ2v) is 6.29. The van der Waals surface area contributed by atoms with Gasteiger partial charge in [-0.3, -0.25) is 0 Å². The van der Waals surface area contributed by atoms with Crippen molar-refractivity contribution in [2.75, 3.05) is 0 Å². The van der Waals surface area contributed by atoms with Crippen molar-refractivity contribution in [3.05, 3.63) is 47.5 Å². The van der Waals surface area contributed by atoms with E-state index >= 15 is 0 Å². The SMILES string of the molecule is Cc1ccc(S(=O)(=O)c2cccc(C)c2O)cc1O. The molecule has 0 saturated heterocycles. The van der Waals surface area contributed by atoms with Crippen molar-refractivity contribution < 1.29 is 18.6 Å². The molecule has 0 heterocycles. The number of aryl methyl sites for hydroxylation is 2. The van der Waals surface area contributed by atoms with E-state index in [9.17, 15) is 18.6 Å². The first-order chi connectivity index (χ1) is 8.84. The lowest BCUT2D eigenvalue weighted by atomic mass is 10.2. The second kappa shape index (κ2) is 4.59. The van der Waals surface area contributed by atoms with Gasteiger partial charge in [-0.25, -0.2) is 8.42 Å². The molecule has 0 aliphatic carbocycles. The van der Waals surface area contributed by atoms with Crippen molar-refractivity contribution in [3.8, 4) is 11.5 Å². The molecule has 0 aliphatic heterocycles. The van der Waals surface area contributed by atoms with Gasteiger partial charge in [-0.15, -0.1) is 0 Å². The third-order valence-corrected chi connectivity index (χ3v) is 4.76. The van der Waals surface area contributed by atoms with Crippen LogP contribution >= 0.6 is 0 Å². The topological polar surface area (TPSA) is 74.6 Å². The summed E-state index contributed by atoms with van der Waals surface area (Å²) in [6, 6.07) is 8.65. The number of benzene rings is 2. The first-order valence-corrected chi connectivity index (χ1v) is 7.15. The van der Waals surface area contributed by atoms with Crippen LogP contribution in [-0.2, 0) is 9.84 Å². The summed E-state index contributed by atoms with van der Waals surface area (Å²) in [4.78, 5) is -0.202. The lowest BCUT2D eigenvalue weighted by Gasteiger charge is -2.09. The summed E-state index contributed by atoms with van der Waals surface area (Å²) in [5.41, 5.74) is 1.07. The van der Waals surface area contributed by atoms with Crippen LogP contribution in [0.4, 0.5) is 0 Å².